The molecule has 0 bridgehead atoms. The van der Waals surface area contributed by atoms with E-state index in [4.69, 9.17) is 4.74 Å². The van der Waals surface area contributed by atoms with Crippen LogP contribution in [0.1, 0.15) is 36.5 Å². The second-order valence-electron chi connectivity index (χ2n) is 5.94. The van der Waals surface area contributed by atoms with Crippen molar-refractivity contribution in [3.8, 4) is 0 Å². The highest BCUT2D eigenvalue weighted by molar-refractivity contribution is 7.09. The molecule has 1 heterocycles. The van der Waals surface area contributed by atoms with E-state index in [1.165, 1.54) is 30.6 Å². The first kappa shape index (κ1) is 19.1. The second-order valence-corrected chi connectivity index (χ2v) is 6.88. The van der Waals surface area contributed by atoms with Crippen molar-refractivity contribution in [2.45, 2.75) is 38.6 Å². The summed E-state index contributed by atoms with van der Waals surface area (Å²) in [6, 6.07) is 6.25. The lowest BCUT2D eigenvalue weighted by Gasteiger charge is -2.26. The van der Waals surface area contributed by atoms with E-state index in [-0.39, 0.29) is 18.1 Å². The fraction of sp³-hybridized carbons (Fsp3) is 0.389. The highest BCUT2D eigenvalue weighted by atomic mass is 32.1. The number of benzene rings is 1. The van der Waals surface area contributed by atoms with Gasteiger partial charge in [-0.1, -0.05) is 19.1 Å². The zero-order chi connectivity index (χ0) is 18.4. The molecule has 5 nitrogen and oxygen atoms in total. The van der Waals surface area contributed by atoms with Gasteiger partial charge in [-0.2, -0.15) is 0 Å². The summed E-state index contributed by atoms with van der Waals surface area (Å²) in [4.78, 5) is 28.5. The molecular formula is C18H21FN2O3S. The van der Waals surface area contributed by atoms with Gasteiger partial charge in [0.2, 0.25) is 5.91 Å². The second kappa shape index (κ2) is 8.20. The molecule has 134 valence electrons. The SMILES string of the molecule is CCC(C)(NC(=O)Cc1csc(Cc2ccc(F)cc2)n1)C(=O)OC. The van der Waals surface area contributed by atoms with E-state index in [2.05, 4.69) is 10.3 Å². The van der Waals surface area contributed by atoms with Gasteiger partial charge in [0.15, 0.2) is 0 Å². The lowest BCUT2D eigenvalue weighted by atomic mass is 9.99. The monoisotopic (exact) mass is 364 g/mol. The summed E-state index contributed by atoms with van der Waals surface area (Å²) >= 11 is 1.45. The number of carbonyl (C=O) groups is 2. The van der Waals surface area contributed by atoms with Crippen LogP contribution < -0.4 is 5.32 Å². The Balaban J connectivity index is 1.97. The van der Waals surface area contributed by atoms with Crippen molar-refractivity contribution in [3.05, 3.63) is 51.7 Å². The molecule has 2 aromatic rings. The first-order chi connectivity index (χ1) is 11.9. The smallest absolute Gasteiger partial charge is 0.331 e. The zero-order valence-corrected chi connectivity index (χ0v) is 15.3. The van der Waals surface area contributed by atoms with E-state index in [0.29, 0.717) is 18.5 Å². The van der Waals surface area contributed by atoms with E-state index in [1.54, 1.807) is 26.0 Å². The van der Waals surface area contributed by atoms with Gasteiger partial charge in [0, 0.05) is 11.8 Å². The fourth-order valence-electron chi connectivity index (χ4n) is 2.31. The molecule has 1 unspecified atom stereocenters. The molecule has 0 radical (unpaired) electrons. The lowest BCUT2D eigenvalue weighted by molar-refractivity contribution is -0.150. The van der Waals surface area contributed by atoms with Crippen molar-refractivity contribution in [3.63, 3.8) is 0 Å². The normalized spacial score (nSPS) is 13.1. The van der Waals surface area contributed by atoms with Crippen LogP contribution in [0, 0.1) is 5.82 Å². The van der Waals surface area contributed by atoms with Gasteiger partial charge in [0.05, 0.1) is 24.2 Å². The number of methoxy groups -OCH3 is 1. The number of aromatic nitrogens is 1. The first-order valence-electron chi connectivity index (χ1n) is 7.93. The number of nitrogens with one attached hydrogen (secondary N) is 1. The van der Waals surface area contributed by atoms with Crippen LogP contribution in [-0.2, 0) is 27.2 Å². The molecule has 0 spiro atoms. The summed E-state index contributed by atoms with van der Waals surface area (Å²) in [5.74, 6) is -1.03. The summed E-state index contributed by atoms with van der Waals surface area (Å²) < 4.78 is 17.7. The van der Waals surface area contributed by atoms with E-state index in [9.17, 15) is 14.0 Å². The van der Waals surface area contributed by atoms with Gasteiger partial charge in [-0.25, -0.2) is 14.2 Å². The minimum Gasteiger partial charge on any atom is -0.467 e. The summed E-state index contributed by atoms with van der Waals surface area (Å²) in [6.45, 7) is 3.44. The topological polar surface area (TPSA) is 68.3 Å². The number of amides is 1. The molecule has 0 aliphatic carbocycles. The maximum atomic E-state index is 12.9. The lowest BCUT2D eigenvalue weighted by Crippen LogP contribution is -2.52. The van der Waals surface area contributed by atoms with Gasteiger partial charge in [-0.3, -0.25) is 4.79 Å². The Hall–Kier alpha value is -2.28. The third-order valence-corrected chi connectivity index (χ3v) is 4.87. The quantitative estimate of drug-likeness (QED) is 0.767. The van der Waals surface area contributed by atoms with Crippen LogP contribution in [-0.4, -0.2) is 29.5 Å². The molecule has 1 N–H and O–H groups in total. The van der Waals surface area contributed by atoms with Gasteiger partial charge >= 0.3 is 5.97 Å². The standard InChI is InChI=1S/C18H21FN2O3S/c1-4-18(2,17(23)24-3)21-15(22)10-14-11-25-16(20-14)9-12-5-7-13(19)8-6-12/h5-8,11H,4,9-10H2,1-3H3,(H,21,22). The highest BCUT2D eigenvalue weighted by Gasteiger charge is 2.34. The van der Waals surface area contributed by atoms with Crippen molar-refractivity contribution in [2.75, 3.05) is 7.11 Å². The van der Waals surface area contributed by atoms with E-state index in [0.717, 1.165) is 10.6 Å². The molecular weight excluding hydrogens is 343 g/mol. The van der Waals surface area contributed by atoms with Gasteiger partial charge in [0.25, 0.3) is 0 Å². The predicted octanol–water partition coefficient (Wildman–Crippen LogP) is 2.87. The molecule has 1 atom stereocenters. The van der Waals surface area contributed by atoms with Gasteiger partial charge in [-0.15, -0.1) is 11.3 Å². The Morgan fingerprint density at radius 2 is 2.00 bits per heavy atom. The highest BCUT2D eigenvalue weighted by Crippen LogP contribution is 2.17. The summed E-state index contributed by atoms with van der Waals surface area (Å²) in [5, 5.41) is 5.38. The maximum Gasteiger partial charge on any atom is 0.331 e. The Labute approximate surface area is 150 Å². The minimum absolute atomic E-state index is 0.0898. The predicted molar refractivity (Wildman–Crippen MR) is 93.9 cm³/mol. The van der Waals surface area contributed by atoms with E-state index in [1.807, 2.05) is 5.38 Å². The molecule has 1 aromatic carbocycles. The number of carbonyl (C=O) groups excluding carboxylic acids is 2. The third kappa shape index (κ3) is 5.09. The average molecular weight is 364 g/mol. The molecule has 0 fully saturated rings. The molecule has 1 aromatic heterocycles. The largest absolute Gasteiger partial charge is 0.467 e. The fourth-order valence-corrected chi connectivity index (χ4v) is 3.14. The number of nitrogens with zero attached hydrogens (tertiary/aromatic N) is 1. The van der Waals surface area contributed by atoms with Crippen molar-refractivity contribution in [1.82, 2.24) is 10.3 Å². The summed E-state index contributed by atoms with van der Waals surface area (Å²) in [5.41, 5.74) is 0.553. The Kier molecular flexibility index (Phi) is 6.25. The van der Waals surface area contributed by atoms with Gasteiger partial charge in [0.1, 0.15) is 11.4 Å². The Morgan fingerprint density at radius 1 is 1.32 bits per heavy atom. The maximum absolute atomic E-state index is 12.9. The molecule has 2 rings (SSSR count). The Morgan fingerprint density at radius 3 is 2.60 bits per heavy atom. The molecule has 7 heteroatoms. The van der Waals surface area contributed by atoms with Gasteiger partial charge in [-0.05, 0) is 31.0 Å². The molecule has 0 saturated heterocycles. The number of esters is 1. The summed E-state index contributed by atoms with van der Waals surface area (Å²) in [7, 11) is 1.30. The molecule has 0 aliphatic heterocycles. The van der Waals surface area contributed by atoms with Crippen LogP contribution in [0.2, 0.25) is 0 Å². The van der Waals surface area contributed by atoms with Crippen LogP contribution in [0.15, 0.2) is 29.6 Å². The molecule has 0 saturated carbocycles. The van der Waals surface area contributed by atoms with Gasteiger partial charge < -0.3 is 10.1 Å². The summed E-state index contributed by atoms with van der Waals surface area (Å²) in [6.07, 6.45) is 1.10. The van der Waals surface area contributed by atoms with Crippen molar-refractivity contribution in [1.29, 1.82) is 0 Å². The van der Waals surface area contributed by atoms with Crippen LogP contribution in [0.3, 0.4) is 0 Å². The Bertz CT molecular complexity index is 745. The molecule has 25 heavy (non-hydrogen) atoms. The minimum atomic E-state index is -1.04. The number of hydrogen-bond donors (Lipinski definition) is 1. The number of ether oxygens (including phenoxy) is 1. The zero-order valence-electron chi connectivity index (χ0n) is 14.5. The molecule has 1 amide bonds. The van der Waals surface area contributed by atoms with Crippen LogP contribution in [0.4, 0.5) is 4.39 Å². The van der Waals surface area contributed by atoms with E-state index < -0.39 is 11.5 Å². The van der Waals surface area contributed by atoms with Crippen molar-refractivity contribution >= 4 is 23.2 Å². The number of hydrogen-bond acceptors (Lipinski definition) is 5. The molecule has 0 aliphatic rings. The van der Waals surface area contributed by atoms with Crippen LogP contribution >= 0.6 is 11.3 Å². The van der Waals surface area contributed by atoms with Crippen LogP contribution in [0.5, 0.6) is 0 Å². The van der Waals surface area contributed by atoms with Crippen molar-refractivity contribution < 1.29 is 18.7 Å². The third-order valence-electron chi connectivity index (χ3n) is 3.97. The van der Waals surface area contributed by atoms with Crippen molar-refractivity contribution in [2.24, 2.45) is 0 Å². The van der Waals surface area contributed by atoms with E-state index >= 15 is 0 Å². The average Bonchev–Trinajstić information content (AvgIpc) is 3.02. The van der Waals surface area contributed by atoms with Crippen LogP contribution in [0.25, 0.3) is 0 Å². The number of halogens is 1. The first-order valence-corrected chi connectivity index (χ1v) is 8.81. The number of rotatable bonds is 7. The number of thiazole rings is 1.